The fourth-order valence-corrected chi connectivity index (χ4v) is 4.88. The second-order valence-corrected chi connectivity index (χ2v) is 8.33. The Balaban J connectivity index is 1.62. The number of carbonyl (C=O) groups is 2. The highest BCUT2D eigenvalue weighted by atomic mass is 32.1. The summed E-state index contributed by atoms with van der Waals surface area (Å²) in [5.74, 6) is -0.406. The van der Waals surface area contributed by atoms with E-state index in [0.29, 0.717) is 24.2 Å². The summed E-state index contributed by atoms with van der Waals surface area (Å²) in [6, 6.07) is 8.42. The minimum atomic E-state index is -0.383. The van der Waals surface area contributed by atoms with Gasteiger partial charge in [-0.25, -0.2) is 0 Å². The monoisotopic (exact) mass is 355 g/mol. The van der Waals surface area contributed by atoms with Gasteiger partial charge in [0.1, 0.15) is 6.04 Å². The van der Waals surface area contributed by atoms with E-state index in [1.54, 1.807) is 4.90 Å². The zero-order valence-electron chi connectivity index (χ0n) is 14.8. The molecule has 4 rings (SSSR count). The molecule has 1 amide bonds. The number of thiophene rings is 1. The topological polar surface area (TPSA) is 41.8 Å². The molecule has 0 bridgehead atoms. The van der Waals surface area contributed by atoms with Gasteiger partial charge in [-0.15, -0.1) is 11.3 Å². The third kappa shape index (κ3) is 2.62. The summed E-state index contributed by atoms with van der Waals surface area (Å²) in [5, 5.41) is 2.15. The number of hydrogen-bond donors (Lipinski definition) is 1. The Morgan fingerprint density at radius 1 is 1.28 bits per heavy atom. The van der Waals surface area contributed by atoms with E-state index in [1.807, 2.05) is 29.5 Å². The highest BCUT2D eigenvalue weighted by Crippen LogP contribution is 2.31. The van der Waals surface area contributed by atoms with Gasteiger partial charge in [0.25, 0.3) is 5.78 Å². The second kappa shape index (κ2) is 6.07. The summed E-state index contributed by atoms with van der Waals surface area (Å²) in [5.41, 5.74) is 3.83. The van der Waals surface area contributed by atoms with Crippen LogP contribution in [0.15, 0.2) is 29.6 Å². The normalized spacial score (nSPS) is 22.5. The van der Waals surface area contributed by atoms with Crippen molar-refractivity contribution in [3.05, 3.63) is 51.2 Å². The van der Waals surface area contributed by atoms with Crippen LogP contribution in [-0.4, -0.2) is 24.9 Å². The molecule has 0 saturated carbocycles. The van der Waals surface area contributed by atoms with E-state index >= 15 is 0 Å². The van der Waals surface area contributed by atoms with Crippen molar-refractivity contribution in [1.82, 2.24) is 0 Å². The standard InChI is InChI=1S/C20H22N2O2S/c1-12(2)14-4-5-17-16(10-14)19(23)20(24)22(17)11-21-8-6-18-15(13(21)3)7-9-25-18/h4-5,7,9-10,12-13H,6,8,11H2,1-3H3/p+1/t13-/m1/s1. The van der Waals surface area contributed by atoms with Gasteiger partial charge >= 0.3 is 5.91 Å². The number of hydrogen-bond acceptors (Lipinski definition) is 3. The maximum absolute atomic E-state index is 12.6. The van der Waals surface area contributed by atoms with E-state index in [-0.39, 0.29) is 11.7 Å². The highest BCUT2D eigenvalue weighted by Gasteiger charge is 2.40. The predicted molar refractivity (Wildman–Crippen MR) is 99.5 cm³/mol. The number of rotatable bonds is 3. The Morgan fingerprint density at radius 3 is 2.84 bits per heavy atom. The maximum atomic E-state index is 12.6. The Kier molecular flexibility index (Phi) is 4.01. The molecule has 2 aromatic rings. The molecular weight excluding hydrogens is 332 g/mol. The number of Topliss-reactive ketones (excluding diaryl/α,β-unsaturated/α-hetero) is 1. The molecule has 1 N–H and O–H groups in total. The van der Waals surface area contributed by atoms with Gasteiger partial charge in [0.2, 0.25) is 0 Å². The number of anilines is 1. The van der Waals surface area contributed by atoms with Crippen LogP contribution < -0.4 is 9.80 Å². The summed E-state index contributed by atoms with van der Waals surface area (Å²) in [6.45, 7) is 7.95. The van der Waals surface area contributed by atoms with Gasteiger partial charge in [0, 0.05) is 16.9 Å². The van der Waals surface area contributed by atoms with E-state index in [9.17, 15) is 9.59 Å². The van der Waals surface area contributed by atoms with Crippen molar-refractivity contribution in [2.75, 3.05) is 18.1 Å². The Labute approximate surface area is 152 Å². The number of amides is 1. The molecule has 3 heterocycles. The van der Waals surface area contributed by atoms with E-state index in [0.717, 1.165) is 24.2 Å². The fraction of sp³-hybridized carbons (Fsp3) is 0.400. The summed E-state index contributed by atoms with van der Waals surface area (Å²) in [7, 11) is 0. The molecule has 1 aromatic carbocycles. The first-order valence-corrected chi connectivity index (χ1v) is 9.76. The summed E-state index contributed by atoms with van der Waals surface area (Å²) in [4.78, 5) is 29.5. The van der Waals surface area contributed by atoms with Crippen LogP contribution in [0.1, 0.15) is 59.1 Å². The van der Waals surface area contributed by atoms with Gasteiger partial charge in [-0.3, -0.25) is 14.5 Å². The number of ketones is 1. The molecule has 0 radical (unpaired) electrons. The predicted octanol–water partition coefficient (Wildman–Crippen LogP) is 2.56. The number of nitrogens with one attached hydrogen (secondary N) is 1. The third-order valence-electron chi connectivity index (χ3n) is 5.56. The Hall–Kier alpha value is -1.98. The first kappa shape index (κ1) is 16.5. The molecule has 5 heteroatoms. The minimum Gasteiger partial charge on any atom is -0.311 e. The smallest absolute Gasteiger partial charge is 0.303 e. The van der Waals surface area contributed by atoms with E-state index in [2.05, 4.69) is 32.2 Å². The first-order valence-electron chi connectivity index (χ1n) is 8.88. The van der Waals surface area contributed by atoms with Gasteiger partial charge < -0.3 is 4.90 Å². The molecule has 130 valence electrons. The Bertz CT molecular complexity index is 855. The first-order chi connectivity index (χ1) is 12.0. The number of quaternary nitrogens is 1. The molecule has 0 spiro atoms. The van der Waals surface area contributed by atoms with Gasteiger partial charge in [0.15, 0.2) is 6.67 Å². The molecule has 2 aliphatic rings. The molecule has 1 unspecified atom stereocenters. The molecule has 1 aromatic heterocycles. The van der Waals surface area contributed by atoms with Crippen LogP contribution in [0, 0.1) is 0 Å². The van der Waals surface area contributed by atoms with Crippen molar-refractivity contribution in [3.8, 4) is 0 Å². The van der Waals surface area contributed by atoms with Crippen molar-refractivity contribution < 1.29 is 14.5 Å². The van der Waals surface area contributed by atoms with Crippen LogP contribution in [-0.2, 0) is 11.2 Å². The lowest BCUT2D eigenvalue weighted by atomic mass is 9.99. The second-order valence-electron chi connectivity index (χ2n) is 7.33. The Morgan fingerprint density at radius 2 is 2.08 bits per heavy atom. The van der Waals surface area contributed by atoms with Gasteiger partial charge in [-0.2, -0.15) is 0 Å². The van der Waals surface area contributed by atoms with Crippen LogP contribution in [0.4, 0.5) is 5.69 Å². The molecule has 0 saturated heterocycles. The minimum absolute atomic E-state index is 0.340. The average Bonchev–Trinajstić information content (AvgIpc) is 3.16. The van der Waals surface area contributed by atoms with Crippen molar-refractivity contribution in [2.45, 2.75) is 39.2 Å². The maximum Gasteiger partial charge on any atom is 0.303 e. The lowest BCUT2D eigenvalue weighted by Crippen LogP contribution is -3.14. The molecule has 2 aliphatic heterocycles. The number of carbonyl (C=O) groups excluding carboxylic acids is 2. The molecule has 2 atom stereocenters. The fourth-order valence-electron chi connectivity index (χ4n) is 3.90. The van der Waals surface area contributed by atoms with Crippen LogP contribution >= 0.6 is 11.3 Å². The quantitative estimate of drug-likeness (QED) is 0.860. The van der Waals surface area contributed by atoms with Crippen molar-refractivity contribution in [2.24, 2.45) is 0 Å². The molecule has 25 heavy (non-hydrogen) atoms. The summed E-state index contributed by atoms with van der Waals surface area (Å²) in [6.07, 6.45) is 1.04. The van der Waals surface area contributed by atoms with Crippen LogP contribution in [0.2, 0.25) is 0 Å². The van der Waals surface area contributed by atoms with E-state index < -0.39 is 0 Å². The van der Waals surface area contributed by atoms with Gasteiger partial charge in [0.05, 0.1) is 17.8 Å². The largest absolute Gasteiger partial charge is 0.311 e. The van der Waals surface area contributed by atoms with Crippen molar-refractivity contribution >= 4 is 28.7 Å². The van der Waals surface area contributed by atoms with Crippen LogP contribution in [0.3, 0.4) is 0 Å². The number of nitrogens with zero attached hydrogens (tertiary/aromatic N) is 1. The van der Waals surface area contributed by atoms with Crippen molar-refractivity contribution in [3.63, 3.8) is 0 Å². The van der Waals surface area contributed by atoms with E-state index in [1.165, 1.54) is 15.3 Å². The SMILES string of the molecule is CC(C)c1ccc2c(c1)C(=O)C(=O)N2C[NH+]1CCc2sccc2[C@H]1C. The summed E-state index contributed by atoms with van der Waals surface area (Å²) < 4.78 is 0. The lowest BCUT2D eigenvalue weighted by Gasteiger charge is -2.33. The van der Waals surface area contributed by atoms with Crippen LogP contribution in [0.25, 0.3) is 0 Å². The number of fused-ring (bicyclic) bond motifs is 2. The number of benzene rings is 1. The lowest BCUT2D eigenvalue weighted by molar-refractivity contribution is -0.930. The molecule has 0 fully saturated rings. The zero-order chi connectivity index (χ0) is 17.7. The average molecular weight is 355 g/mol. The van der Waals surface area contributed by atoms with Gasteiger partial charge in [-0.1, -0.05) is 19.9 Å². The molecular formula is C20H23N2O2S+. The molecule has 0 aliphatic carbocycles. The van der Waals surface area contributed by atoms with Crippen molar-refractivity contribution in [1.29, 1.82) is 0 Å². The van der Waals surface area contributed by atoms with E-state index in [4.69, 9.17) is 0 Å². The third-order valence-corrected chi connectivity index (χ3v) is 6.55. The zero-order valence-corrected chi connectivity index (χ0v) is 15.7. The molecule has 4 nitrogen and oxygen atoms in total. The summed E-state index contributed by atoms with van der Waals surface area (Å²) >= 11 is 1.82. The highest BCUT2D eigenvalue weighted by molar-refractivity contribution is 7.10. The van der Waals surface area contributed by atoms with Crippen LogP contribution in [0.5, 0.6) is 0 Å². The van der Waals surface area contributed by atoms with Gasteiger partial charge in [-0.05, 0) is 42.0 Å².